The van der Waals surface area contributed by atoms with Crippen LogP contribution in [0.5, 0.6) is 0 Å². The first-order valence-corrected chi connectivity index (χ1v) is 9.30. The lowest BCUT2D eigenvalue weighted by Gasteiger charge is -2.17. The number of carbonyl (C=O) groups is 1. The van der Waals surface area contributed by atoms with E-state index in [4.69, 9.17) is 5.11 Å². The molecule has 1 saturated heterocycles. The number of rotatable bonds is 5. The van der Waals surface area contributed by atoms with Gasteiger partial charge in [-0.25, -0.2) is 0 Å². The van der Waals surface area contributed by atoms with Gasteiger partial charge in [0.1, 0.15) is 0 Å². The van der Waals surface area contributed by atoms with Gasteiger partial charge in [0.25, 0.3) is 5.91 Å². The predicted octanol–water partition coefficient (Wildman–Crippen LogP) is 3.27. The maximum atomic E-state index is 12.8. The van der Waals surface area contributed by atoms with Gasteiger partial charge in [-0.15, -0.1) is 0 Å². The molecule has 4 rings (SSSR count). The van der Waals surface area contributed by atoms with Crippen LogP contribution >= 0.6 is 0 Å². The molecule has 1 unspecified atom stereocenters. The fourth-order valence-electron chi connectivity index (χ4n) is 3.69. The second-order valence-electron chi connectivity index (χ2n) is 7.13. The van der Waals surface area contributed by atoms with Crippen molar-refractivity contribution in [3.63, 3.8) is 0 Å². The number of aromatic amines is 1. The molecule has 0 aliphatic carbocycles. The number of nitrogens with one attached hydrogen (secondary N) is 1. The number of H-pyrrole nitrogens is 1. The van der Waals surface area contributed by atoms with Crippen molar-refractivity contribution >= 4 is 5.91 Å². The van der Waals surface area contributed by atoms with Gasteiger partial charge in [0.05, 0.1) is 12.3 Å². The SMILES string of the molecule is O=C(c1ccc(-c2ccn[nH]2)cc1)N1CCC(Cc2ccc(CO)cc2)C1. The summed E-state index contributed by atoms with van der Waals surface area (Å²) >= 11 is 0. The van der Waals surface area contributed by atoms with Gasteiger partial charge in [-0.3, -0.25) is 9.89 Å². The van der Waals surface area contributed by atoms with Crippen molar-refractivity contribution in [1.82, 2.24) is 15.1 Å². The summed E-state index contributed by atoms with van der Waals surface area (Å²) in [6.07, 6.45) is 3.71. The summed E-state index contributed by atoms with van der Waals surface area (Å²) in [6, 6.07) is 17.7. The van der Waals surface area contributed by atoms with Crippen LogP contribution in [0.25, 0.3) is 11.3 Å². The Bertz CT molecular complexity index is 886. The molecule has 2 heterocycles. The molecule has 0 spiro atoms. The first-order chi connectivity index (χ1) is 13.2. The van der Waals surface area contributed by atoms with Gasteiger partial charge in [0.2, 0.25) is 0 Å². The third kappa shape index (κ3) is 3.93. The number of hydrogen-bond acceptors (Lipinski definition) is 3. The van der Waals surface area contributed by atoms with Crippen molar-refractivity contribution in [3.8, 4) is 11.3 Å². The summed E-state index contributed by atoms with van der Waals surface area (Å²) in [6.45, 7) is 1.68. The number of amides is 1. The van der Waals surface area contributed by atoms with Crippen LogP contribution in [0, 0.1) is 5.92 Å². The van der Waals surface area contributed by atoms with E-state index in [2.05, 4.69) is 22.3 Å². The quantitative estimate of drug-likeness (QED) is 0.733. The Morgan fingerprint density at radius 1 is 1.07 bits per heavy atom. The molecule has 138 valence electrons. The molecule has 1 aromatic heterocycles. The highest BCUT2D eigenvalue weighted by atomic mass is 16.3. The van der Waals surface area contributed by atoms with Gasteiger partial charge in [-0.05, 0) is 53.6 Å². The van der Waals surface area contributed by atoms with Gasteiger partial charge >= 0.3 is 0 Å². The summed E-state index contributed by atoms with van der Waals surface area (Å²) in [7, 11) is 0. The maximum Gasteiger partial charge on any atom is 0.253 e. The van der Waals surface area contributed by atoms with Crippen molar-refractivity contribution in [2.45, 2.75) is 19.4 Å². The Kier molecular flexibility index (Phi) is 5.03. The zero-order valence-corrected chi connectivity index (χ0v) is 15.1. The first kappa shape index (κ1) is 17.5. The smallest absolute Gasteiger partial charge is 0.253 e. The van der Waals surface area contributed by atoms with Crippen LogP contribution in [0.2, 0.25) is 0 Å². The van der Waals surface area contributed by atoms with E-state index < -0.39 is 0 Å². The van der Waals surface area contributed by atoms with Crippen LogP contribution < -0.4 is 0 Å². The number of aliphatic hydroxyl groups is 1. The van der Waals surface area contributed by atoms with Crippen LogP contribution in [-0.2, 0) is 13.0 Å². The minimum absolute atomic E-state index is 0.0746. The lowest BCUT2D eigenvalue weighted by molar-refractivity contribution is 0.0787. The highest BCUT2D eigenvalue weighted by Crippen LogP contribution is 2.24. The highest BCUT2D eigenvalue weighted by molar-refractivity contribution is 5.94. The Morgan fingerprint density at radius 2 is 1.81 bits per heavy atom. The van der Waals surface area contributed by atoms with E-state index >= 15 is 0 Å². The molecule has 1 aliphatic heterocycles. The van der Waals surface area contributed by atoms with E-state index in [-0.39, 0.29) is 12.5 Å². The molecule has 2 aromatic carbocycles. The first-order valence-electron chi connectivity index (χ1n) is 9.30. The zero-order chi connectivity index (χ0) is 18.6. The van der Waals surface area contributed by atoms with Crippen molar-refractivity contribution in [2.24, 2.45) is 5.92 Å². The van der Waals surface area contributed by atoms with Crippen LogP contribution in [0.1, 0.15) is 27.9 Å². The van der Waals surface area contributed by atoms with E-state index in [1.165, 1.54) is 5.56 Å². The number of aliphatic hydroxyl groups excluding tert-OH is 1. The third-order valence-electron chi connectivity index (χ3n) is 5.25. The number of likely N-dealkylation sites (tertiary alicyclic amines) is 1. The lowest BCUT2D eigenvalue weighted by Crippen LogP contribution is -2.28. The summed E-state index contributed by atoms with van der Waals surface area (Å²) in [5, 5.41) is 16.0. The Labute approximate surface area is 158 Å². The van der Waals surface area contributed by atoms with Crippen LogP contribution in [0.3, 0.4) is 0 Å². The standard InChI is InChI=1S/C22H23N3O2/c26-15-17-3-1-16(2-4-17)13-18-10-12-25(14-18)22(27)20-7-5-19(6-8-20)21-9-11-23-24-21/h1-9,11,18,26H,10,12-15H2,(H,23,24). The Balaban J connectivity index is 1.37. The van der Waals surface area contributed by atoms with Crippen molar-refractivity contribution < 1.29 is 9.90 Å². The van der Waals surface area contributed by atoms with E-state index in [0.29, 0.717) is 5.92 Å². The molecule has 5 heteroatoms. The van der Waals surface area contributed by atoms with Crippen LogP contribution in [-0.4, -0.2) is 39.2 Å². The zero-order valence-electron chi connectivity index (χ0n) is 15.1. The third-order valence-corrected chi connectivity index (χ3v) is 5.25. The van der Waals surface area contributed by atoms with Gasteiger partial charge in [0, 0.05) is 24.8 Å². The average Bonchev–Trinajstić information content (AvgIpc) is 3.41. The summed E-state index contributed by atoms with van der Waals surface area (Å²) < 4.78 is 0. The number of hydrogen-bond donors (Lipinski definition) is 2. The fraction of sp³-hybridized carbons (Fsp3) is 0.273. The van der Waals surface area contributed by atoms with Crippen LogP contribution in [0.4, 0.5) is 0 Å². The molecule has 3 aromatic rings. The number of benzene rings is 2. The molecule has 1 atom stereocenters. The fourth-order valence-corrected chi connectivity index (χ4v) is 3.69. The number of nitrogens with zero attached hydrogens (tertiary/aromatic N) is 2. The summed E-state index contributed by atoms with van der Waals surface area (Å²) in [4.78, 5) is 14.8. The van der Waals surface area contributed by atoms with Gasteiger partial charge in [-0.2, -0.15) is 5.10 Å². The van der Waals surface area contributed by atoms with Crippen molar-refractivity contribution in [1.29, 1.82) is 0 Å². The van der Waals surface area contributed by atoms with E-state index in [0.717, 1.165) is 48.3 Å². The minimum Gasteiger partial charge on any atom is -0.392 e. The second kappa shape index (κ2) is 7.76. The van der Waals surface area contributed by atoms with Gasteiger partial charge in [-0.1, -0.05) is 36.4 Å². The molecule has 27 heavy (non-hydrogen) atoms. The largest absolute Gasteiger partial charge is 0.392 e. The monoisotopic (exact) mass is 361 g/mol. The minimum atomic E-state index is 0.0746. The van der Waals surface area contributed by atoms with Gasteiger partial charge in [0.15, 0.2) is 0 Å². The lowest BCUT2D eigenvalue weighted by atomic mass is 9.98. The molecule has 0 bridgehead atoms. The maximum absolute atomic E-state index is 12.8. The molecular weight excluding hydrogens is 338 g/mol. The van der Waals surface area contributed by atoms with E-state index in [1.807, 2.05) is 47.4 Å². The highest BCUT2D eigenvalue weighted by Gasteiger charge is 2.27. The molecule has 1 fully saturated rings. The molecule has 0 saturated carbocycles. The number of carbonyl (C=O) groups excluding carboxylic acids is 1. The molecule has 2 N–H and O–H groups in total. The van der Waals surface area contributed by atoms with Crippen LogP contribution in [0.15, 0.2) is 60.8 Å². The van der Waals surface area contributed by atoms with Crippen molar-refractivity contribution in [3.05, 3.63) is 77.5 Å². The molecule has 1 aliphatic rings. The van der Waals surface area contributed by atoms with E-state index in [1.54, 1.807) is 6.20 Å². The second-order valence-corrected chi connectivity index (χ2v) is 7.13. The van der Waals surface area contributed by atoms with E-state index in [9.17, 15) is 4.79 Å². The Morgan fingerprint density at radius 3 is 2.48 bits per heavy atom. The molecular formula is C22H23N3O2. The number of aromatic nitrogens is 2. The molecule has 0 radical (unpaired) electrons. The normalized spacial score (nSPS) is 16.6. The van der Waals surface area contributed by atoms with Crippen molar-refractivity contribution in [2.75, 3.05) is 13.1 Å². The molecule has 5 nitrogen and oxygen atoms in total. The topological polar surface area (TPSA) is 69.2 Å². The summed E-state index contributed by atoms with van der Waals surface area (Å²) in [5.74, 6) is 0.586. The Hall–Kier alpha value is -2.92. The summed E-state index contributed by atoms with van der Waals surface area (Å²) in [5.41, 5.74) is 4.89. The average molecular weight is 361 g/mol. The van der Waals surface area contributed by atoms with Gasteiger partial charge < -0.3 is 10.0 Å². The molecule has 1 amide bonds. The predicted molar refractivity (Wildman–Crippen MR) is 104 cm³/mol.